The highest BCUT2D eigenvalue weighted by Crippen LogP contribution is 2.23. The van der Waals surface area contributed by atoms with E-state index in [9.17, 15) is 9.59 Å². The fourth-order valence-corrected chi connectivity index (χ4v) is 4.15. The van der Waals surface area contributed by atoms with Crippen molar-refractivity contribution in [3.05, 3.63) is 76.0 Å². The molecule has 10 heteroatoms. The van der Waals surface area contributed by atoms with Crippen molar-refractivity contribution >= 4 is 52.3 Å². The molecule has 0 saturated carbocycles. The third-order valence-corrected chi connectivity index (χ3v) is 6.27. The van der Waals surface area contributed by atoms with Crippen molar-refractivity contribution in [1.29, 1.82) is 0 Å². The van der Waals surface area contributed by atoms with Crippen LogP contribution in [0.1, 0.15) is 34.1 Å². The Morgan fingerprint density at radius 1 is 0.886 bits per heavy atom. The molecule has 2 aromatic heterocycles. The Morgan fingerprint density at radius 2 is 1.71 bits per heavy atom. The van der Waals surface area contributed by atoms with E-state index in [1.807, 2.05) is 6.07 Å². The number of nitrogens with one attached hydrogen (secondary N) is 2. The summed E-state index contributed by atoms with van der Waals surface area (Å²) in [7, 11) is 0. The van der Waals surface area contributed by atoms with Gasteiger partial charge in [0, 0.05) is 37.1 Å². The van der Waals surface area contributed by atoms with Crippen LogP contribution in [-0.4, -0.2) is 59.4 Å². The monoisotopic (exact) mass is 512 g/mol. The fourth-order valence-electron chi connectivity index (χ4n) is 3.86. The first-order valence-electron chi connectivity index (χ1n) is 11.4. The molecular weight excluding hydrogens is 487 g/mol. The number of likely N-dealkylation sites (N-methyl/N-ethyl adjacent to an activating group) is 1. The van der Waals surface area contributed by atoms with Gasteiger partial charge in [0.1, 0.15) is 11.6 Å². The third-order valence-electron chi connectivity index (χ3n) is 5.81. The number of aromatic nitrogens is 2. The highest BCUT2D eigenvalue weighted by Gasteiger charge is 2.18. The lowest BCUT2D eigenvalue weighted by atomic mass is 10.1. The van der Waals surface area contributed by atoms with Crippen molar-refractivity contribution in [2.75, 3.05) is 48.3 Å². The first-order valence-corrected chi connectivity index (χ1v) is 12.2. The number of hydrogen-bond donors (Lipinski definition) is 2. The van der Waals surface area contributed by atoms with Gasteiger partial charge in [-0.15, -0.1) is 0 Å². The molecule has 0 unspecified atom stereocenters. The maximum Gasteiger partial charge on any atom is 0.258 e. The summed E-state index contributed by atoms with van der Waals surface area (Å²) < 4.78 is 0. The smallest absolute Gasteiger partial charge is 0.258 e. The lowest BCUT2D eigenvalue weighted by molar-refractivity contribution is 0.102. The minimum Gasteiger partial charge on any atom is -0.355 e. The largest absolute Gasteiger partial charge is 0.355 e. The van der Waals surface area contributed by atoms with E-state index < -0.39 is 5.91 Å². The molecule has 1 aliphatic rings. The van der Waals surface area contributed by atoms with Crippen molar-refractivity contribution < 1.29 is 9.59 Å². The Bertz CT molecular complexity index is 1190. The first kappa shape index (κ1) is 24.9. The normalized spacial score (nSPS) is 14.3. The lowest BCUT2D eigenvalue weighted by Gasteiger charge is -2.22. The molecule has 0 aliphatic carbocycles. The van der Waals surface area contributed by atoms with Gasteiger partial charge in [0.15, 0.2) is 0 Å². The molecule has 0 atom stereocenters. The van der Waals surface area contributed by atoms with Crippen molar-refractivity contribution in [2.24, 2.45) is 0 Å². The molecule has 1 saturated heterocycles. The van der Waals surface area contributed by atoms with Gasteiger partial charge < -0.3 is 20.4 Å². The Balaban J connectivity index is 1.46. The number of amides is 2. The molecule has 3 aromatic rings. The molecule has 3 heterocycles. The van der Waals surface area contributed by atoms with Gasteiger partial charge in [-0.25, -0.2) is 9.97 Å². The second kappa shape index (κ2) is 11.5. The highest BCUT2D eigenvalue weighted by atomic mass is 35.5. The van der Waals surface area contributed by atoms with Crippen LogP contribution in [0, 0.1) is 0 Å². The number of pyridine rings is 2. The summed E-state index contributed by atoms with van der Waals surface area (Å²) in [6.07, 6.45) is 4.06. The first-order chi connectivity index (χ1) is 16.9. The zero-order valence-corrected chi connectivity index (χ0v) is 20.8. The second-order valence-electron chi connectivity index (χ2n) is 8.14. The van der Waals surface area contributed by atoms with Crippen LogP contribution in [0.15, 0.2) is 54.9 Å². The summed E-state index contributed by atoms with van der Waals surface area (Å²) >= 11 is 12.0. The minimum absolute atomic E-state index is 0.206. The SMILES string of the molecule is CCN1CCCN(c2ccc(C(=O)Nc3ccc(Cl)cc3C(=O)Nc3ccc(Cl)cn3)cn2)CC1. The van der Waals surface area contributed by atoms with E-state index in [0.29, 0.717) is 27.1 Å². The van der Waals surface area contributed by atoms with Crippen LogP contribution in [0.2, 0.25) is 10.0 Å². The van der Waals surface area contributed by atoms with E-state index in [2.05, 4.69) is 37.3 Å². The Morgan fingerprint density at radius 3 is 2.43 bits per heavy atom. The summed E-state index contributed by atoms with van der Waals surface area (Å²) in [5.41, 5.74) is 0.916. The van der Waals surface area contributed by atoms with Gasteiger partial charge in [-0.3, -0.25) is 9.59 Å². The Hall–Kier alpha value is -3.20. The van der Waals surface area contributed by atoms with Gasteiger partial charge in [0.25, 0.3) is 11.8 Å². The standard InChI is InChI=1S/C25H26Cl2N6O2/c1-2-32-10-3-11-33(13-12-32)23-9-4-17(15-29-23)24(34)30-21-7-5-18(26)14-20(21)25(35)31-22-8-6-19(27)16-28-22/h4-9,14-16H,2-3,10-13H2,1H3,(H,30,34)(H,28,31,35). The van der Waals surface area contributed by atoms with Crippen LogP contribution < -0.4 is 15.5 Å². The molecule has 0 bridgehead atoms. The van der Waals surface area contributed by atoms with Gasteiger partial charge in [-0.1, -0.05) is 30.1 Å². The topological polar surface area (TPSA) is 90.5 Å². The van der Waals surface area contributed by atoms with Crippen molar-refractivity contribution in [2.45, 2.75) is 13.3 Å². The van der Waals surface area contributed by atoms with Crippen LogP contribution >= 0.6 is 23.2 Å². The quantitative estimate of drug-likeness (QED) is 0.491. The average molecular weight is 513 g/mol. The maximum absolute atomic E-state index is 12.9. The average Bonchev–Trinajstić information content (AvgIpc) is 3.12. The number of nitrogens with zero attached hydrogens (tertiary/aromatic N) is 4. The van der Waals surface area contributed by atoms with Crippen LogP contribution in [-0.2, 0) is 0 Å². The third kappa shape index (κ3) is 6.48. The minimum atomic E-state index is -0.464. The summed E-state index contributed by atoms with van der Waals surface area (Å²) in [6.45, 7) is 7.12. The van der Waals surface area contributed by atoms with Gasteiger partial charge in [-0.2, -0.15) is 0 Å². The molecule has 4 rings (SSSR count). The maximum atomic E-state index is 12.9. The van der Waals surface area contributed by atoms with Crippen LogP contribution in [0.4, 0.5) is 17.3 Å². The van der Waals surface area contributed by atoms with Gasteiger partial charge in [-0.05, 0) is 62.0 Å². The Kier molecular flexibility index (Phi) is 8.17. The molecule has 1 aliphatic heterocycles. The van der Waals surface area contributed by atoms with E-state index in [-0.39, 0.29) is 11.5 Å². The number of anilines is 3. The van der Waals surface area contributed by atoms with Crippen LogP contribution in [0.25, 0.3) is 0 Å². The number of rotatable bonds is 6. The van der Waals surface area contributed by atoms with E-state index in [0.717, 1.165) is 45.0 Å². The number of carbonyl (C=O) groups is 2. The molecular formula is C25H26Cl2N6O2. The molecule has 0 spiro atoms. The lowest BCUT2D eigenvalue weighted by Crippen LogP contribution is -2.31. The number of benzene rings is 1. The molecule has 182 valence electrons. The summed E-state index contributed by atoms with van der Waals surface area (Å²) in [5.74, 6) is 0.333. The molecule has 2 amide bonds. The number of halogens is 2. The predicted molar refractivity (Wildman–Crippen MR) is 140 cm³/mol. The summed E-state index contributed by atoms with van der Waals surface area (Å²) in [6, 6.07) is 11.5. The highest BCUT2D eigenvalue weighted by molar-refractivity contribution is 6.31. The molecule has 0 radical (unpaired) electrons. The number of carbonyl (C=O) groups excluding carboxylic acids is 2. The van der Waals surface area contributed by atoms with Crippen molar-refractivity contribution in [3.63, 3.8) is 0 Å². The molecule has 35 heavy (non-hydrogen) atoms. The zero-order valence-electron chi connectivity index (χ0n) is 19.3. The van der Waals surface area contributed by atoms with Crippen molar-refractivity contribution in [1.82, 2.24) is 14.9 Å². The van der Waals surface area contributed by atoms with E-state index in [1.165, 1.54) is 12.3 Å². The number of hydrogen-bond acceptors (Lipinski definition) is 6. The van der Waals surface area contributed by atoms with E-state index in [4.69, 9.17) is 23.2 Å². The molecule has 1 fully saturated rings. The Labute approximate surface area is 214 Å². The fraction of sp³-hybridized carbons (Fsp3) is 0.280. The molecule has 8 nitrogen and oxygen atoms in total. The van der Waals surface area contributed by atoms with E-state index in [1.54, 1.807) is 36.5 Å². The predicted octanol–water partition coefficient (Wildman–Crippen LogP) is 4.82. The van der Waals surface area contributed by atoms with Crippen LogP contribution in [0.3, 0.4) is 0 Å². The second-order valence-corrected chi connectivity index (χ2v) is 9.01. The molecule has 2 N–H and O–H groups in total. The summed E-state index contributed by atoms with van der Waals surface area (Å²) in [4.78, 5) is 39.0. The van der Waals surface area contributed by atoms with Crippen molar-refractivity contribution in [3.8, 4) is 0 Å². The molecule has 1 aromatic carbocycles. The van der Waals surface area contributed by atoms with Gasteiger partial charge >= 0.3 is 0 Å². The summed E-state index contributed by atoms with van der Waals surface area (Å²) in [5, 5.41) is 6.29. The van der Waals surface area contributed by atoms with Gasteiger partial charge in [0.05, 0.1) is 21.8 Å². The van der Waals surface area contributed by atoms with E-state index >= 15 is 0 Å². The zero-order chi connectivity index (χ0) is 24.8. The van der Waals surface area contributed by atoms with Gasteiger partial charge in [0.2, 0.25) is 0 Å². The van der Waals surface area contributed by atoms with Crippen LogP contribution in [0.5, 0.6) is 0 Å².